The minimum absolute atomic E-state index is 0.0392. The van der Waals surface area contributed by atoms with Crippen LogP contribution in [0.3, 0.4) is 0 Å². The Labute approximate surface area is 138 Å². The number of rotatable bonds is 4. The minimum atomic E-state index is -0.482. The van der Waals surface area contributed by atoms with Crippen LogP contribution in [0.2, 0.25) is 0 Å². The van der Waals surface area contributed by atoms with Crippen LogP contribution in [0.5, 0.6) is 0 Å². The van der Waals surface area contributed by atoms with Crippen LogP contribution in [0, 0.1) is 0 Å². The summed E-state index contributed by atoms with van der Waals surface area (Å²) < 4.78 is 0. The van der Waals surface area contributed by atoms with Crippen molar-refractivity contribution in [3.8, 4) is 0 Å². The molecule has 0 aliphatic rings. The molecule has 0 saturated heterocycles. The monoisotopic (exact) mass is 318 g/mol. The largest absolute Gasteiger partial charge is 0.382 e. The van der Waals surface area contributed by atoms with E-state index >= 15 is 0 Å². The van der Waals surface area contributed by atoms with Crippen LogP contribution in [-0.4, -0.2) is 21.7 Å². The number of nitrogen functional groups attached to an aromatic ring is 1. The van der Waals surface area contributed by atoms with E-state index < -0.39 is 5.91 Å². The summed E-state index contributed by atoms with van der Waals surface area (Å²) in [6, 6.07) is 15.6. The van der Waals surface area contributed by atoms with Gasteiger partial charge in [-0.1, -0.05) is 42.5 Å². The maximum Gasteiger partial charge on any atom is 0.278 e. The molecule has 1 heterocycles. The molecule has 0 saturated carbocycles. The highest BCUT2D eigenvalue weighted by Gasteiger charge is 2.14. The van der Waals surface area contributed by atoms with Crippen molar-refractivity contribution in [3.05, 3.63) is 83.8 Å². The lowest BCUT2D eigenvalue weighted by atomic mass is 10.0. The van der Waals surface area contributed by atoms with Crippen LogP contribution in [0.25, 0.3) is 0 Å². The Morgan fingerprint density at radius 1 is 0.875 bits per heavy atom. The van der Waals surface area contributed by atoms with Crippen LogP contribution in [0.4, 0.5) is 11.5 Å². The number of ketones is 1. The molecule has 118 valence electrons. The maximum absolute atomic E-state index is 12.5. The zero-order chi connectivity index (χ0) is 16.9. The molecule has 0 aliphatic carbocycles. The SMILES string of the molecule is Nc1nccnc1C(=O)Nc1cccc(C(=O)c2ccccc2)c1. The molecular weight excluding hydrogens is 304 g/mol. The molecule has 2 aromatic carbocycles. The number of amides is 1. The van der Waals surface area contributed by atoms with Crippen molar-refractivity contribution in [2.45, 2.75) is 0 Å². The van der Waals surface area contributed by atoms with Gasteiger partial charge in [0.05, 0.1) is 0 Å². The summed E-state index contributed by atoms with van der Waals surface area (Å²) in [5, 5.41) is 2.67. The van der Waals surface area contributed by atoms with E-state index in [1.807, 2.05) is 6.07 Å². The van der Waals surface area contributed by atoms with Crippen LogP contribution in [-0.2, 0) is 0 Å². The number of anilines is 2. The quantitative estimate of drug-likeness (QED) is 0.720. The number of hydrogen-bond donors (Lipinski definition) is 2. The molecule has 0 fully saturated rings. The number of hydrogen-bond acceptors (Lipinski definition) is 5. The summed E-state index contributed by atoms with van der Waals surface area (Å²) in [5.41, 5.74) is 7.22. The highest BCUT2D eigenvalue weighted by atomic mass is 16.2. The highest BCUT2D eigenvalue weighted by molar-refractivity contribution is 6.10. The maximum atomic E-state index is 12.5. The summed E-state index contributed by atoms with van der Waals surface area (Å²) in [6.45, 7) is 0. The average Bonchev–Trinajstić information content (AvgIpc) is 2.62. The van der Waals surface area contributed by atoms with Crippen molar-refractivity contribution in [1.29, 1.82) is 0 Å². The van der Waals surface area contributed by atoms with Gasteiger partial charge in [0.15, 0.2) is 17.3 Å². The second-order valence-electron chi connectivity index (χ2n) is 5.02. The molecule has 0 atom stereocenters. The molecule has 0 unspecified atom stereocenters. The lowest BCUT2D eigenvalue weighted by Gasteiger charge is -2.08. The predicted molar refractivity (Wildman–Crippen MR) is 90.7 cm³/mol. The standard InChI is InChI=1S/C18H14N4O2/c19-17-15(20-9-10-21-17)18(24)22-14-8-4-7-13(11-14)16(23)12-5-2-1-3-6-12/h1-11H,(H2,19,21)(H,22,24). The molecule has 1 amide bonds. The van der Waals surface area contributed by atoms with Crippen LogP contribution in [0.15, 0.2) is 67.0 Å². The minimum Gasteiger partial charge on any atom is -0.382 e. The fourth-order valence-electron chi connectivity index (χ4n) is 2.21. The van der Waals surface area contributed by atoms with E-state index in [0.29, 0.717) is 16.8 Å². The van der Waals surface area contributed by atoms with Crippen molar-refractivity contribution in [2.24, 2.45) is 0 Å². The van der Waals surface area contributed by atoms with E-state index in [9.17, 15) is 9.59 Å². The molecule has 0 spiro atoms. The van der Waals surface area contributed by atoms with Gasteiger partial charge in [0.25, 0.3) is 5.91 Å². The number of nitrogens with two attached hydrogens (primary N) is 1. The predicted octanol–water partition coefficient (Wildman–Crippen LogP) is 2.54. The number of carbonyl (C=O) groups is 2. The zero-order valence-electron chi connectivity index (χ0n) is 12.6. The molecule has 0 bridgehead atoms. The van der Waals surface area contributed by atoms with Crippen molar-refractivity contribution in [3.63, 3.8) is 0 Å². The van der Waals surface area contributed by atoms with Crippen molar-refractivity contribution in [2.75, 3.05) is 11.1 Å². The summed E-state index contributed by atoms with van der Waals surface area (Å²) in [6.07, 6.45) is 2.80. The fourth-order valence-corrected chi connectivity index (χ4v) is 2.21. The van der Waals surface area contributed by atoms with Gasteiger partial charge in [-0.3, -0.25) is 9.59 Å². The lowest BCUT2D eigenvalue weighted by molar-refractivity contribution is 0.101. The summed E-state index contributed by atoms with van der Waals surface area (Å²) in [4.78, 5) is 32.4. The molecule has 6 heteroatoms. The Hall–Kier alpha value is -3.54. The van der Waals surface area contributed by atoms with Gasteiger partial charge in [0.1, 0.15) is 0 Å². The van der Waals surface area contributed by atoms with Gasteiger partial charge in [0, 0.05) is 29.2 Å². The summed E-state index contributed by atoms with van der Waals surface area (Å²) in [5.74, 6) is -0.554. The molecule has 0 aliphatic heterocycles. The van der Waals surface area contributed by atoms with Crippen molar-refractivity contribution in [1.82, 2.24) is 9.97 Å². The Kier molecular flexibility index (Phi) is 4.29. The molecule has 24 heavy (non-hydrogen) atoms. The number of benzene rings is 2. The number of carbonyl (C=O) groups excluding carboxylic acids is 2. The first-order valence-electron chi connectivity index (χ1n) is 7.23. The first-order chi connectivity index (χ1) is 11.6. The summed E-state index contributed by atoms with van der Waals surface area (Å²) >= 11 is 0. The van der Waals surface area contributed by atoms with Gasteiger partial charge in [-0.15, -0.1) is 0 Å². The second-order valence-corrected chi connectivity index (χ2v) is 5.02. The first kappa shape index (κ1) is 15.4. The van der Waals surface area contributed by atoms with Gasteiger partial charge in [-0.25, -0.2) is 9.97 Å². The van der Waals surface area contributed by atoms with Gasteiger partial charge in [-0.05, 0) is 12.1 Å². The summed E-state index contributed by atoms with van der Waals surface area (Å²) in [7, 11) is 0. The van der Waals surface area contributed by atoms with Gasteiger partial charge < -0.3 is 11.1 Å². The Morgan fingerprint density at radius 2 is 1.58 bits per heavy atom. The van der Waals surface area contributed by atoms with E-state index in [1.165, 1.54) is 12.4 Å². The van der Waals surface area contributed by atoms with E-state index in [0.717, 1.165) is 0 Å². The second kappa shape index (κ2) is 6.70. The number of nitrogens with zero attached hydrogens (tertiary/aromatic N) is 2. The molecule has 1 aromatic heterocycles. The average molecular weight is 318 g/mol. The zero-order valence-corrected chi connectivity index (χ0v) is 12.6. The lowest BCUT2D eigenvalue weighted by Crippen LogP contribution is -2.16. The Bertz CT molecular complexity index is 894. The first-order valence-corrected chi connectivity index (χ1v) is 7.23. The van der Waals surface area contributed by atoms with Crippen molar-refractivity contribution >= 4 is 23.2 Å². The Morgan fingerprint density at radius 3 is 2.33 bits per heavy atom. The molecule has 3 rings (SSSR count). The van der Waals surface area contributed by atoms with Crippen molar-refractivity contribution < 1.29 is 9.59 Å². The number of nitrogens with one attached hydrogen (secondary N) is 1. The smallest absolute Gasteiger partial charge is 0.278 e. The third-order valence-corrected chi connectivity index (χ3v) is 3.36. The molecule has 3 aromatic rings. The van der Waals surface area contributed by atoms with Crippen LogP contribution < -0.4 is 11.1 Å². The fraction of sp³-hybridized carbons (Fsp3) is 0. The Balaban J connectivity index is 1.82. The number of aromatic nitrogens is 2. The highest BCUT2D eigenvalue weighted by Crippen LogP contribution is 2.16. The third-order valence-electron chi connectivity index (χ3n) is 3.36. The van der Waals surface area contributed by atoms with Gasteiger partial charge in [-0.2, -0.15) is 0 Å². The molecule has 3 N–H and O–H groups in total. The van der Waals surface area contributed by atoms with E-state index in [4.69, 9.17) is 5.73 Å². The van der Waals surface area contributed by atoms with E-state index in [2.05, 4.69) is 15.3 Å². The van der Waals surface area contributed by atoms with Crippen LogP contribution in [0.1, 0.15) is 26.4 Å². The molecule has 6 nitrogen and oxygen atoms in total. The van der Waals surface area contributed by atoms with Gasteiger partial charge in [0.2, 0.25) is 0 Å². The normalized spacial score (nSPS) is 10.2. The van der Waals surface area contributed by atoms with E-state index in [1.54, 1.807) is 48.5 Å². The van der Waals surface area contributed by atoms with E-state index in [-0.39, 0.29) is 17.3 Å². The molecular formula is C18H14N4O2. The van der Waals surface area contributed by atoms with Gasteiger partial charge >= 0.3 is 0 Å². The molecule has 0 radical (unpaired) electrons. The third kappa shape index (κ3) is 3.27. The topological polar surface area (TPSA) is 98.0 Å². The van der Waals surface area contributed by atoms with Crippen LogP contribution >= 0.6 is 0 Å².